The molecule has 8 heteroatoms. The maximum Gasteiger partial charge on any atom is 0.323 e. The molecule has 3 rings (SSSR count). The van der Waals surface area contributed by atoms with E-state index >= 15 is 0 Å². The summed E-state index contributed by atoms with van der Waals surface area (Å²) in [6.45, 7) is -0.369. The number of hydrogen-bond donors (Lipinski definition) is 2. The quantitative estimate of drug-likeness (QED) is 0.828. The number of carbonyl (C=O) groups is 1. The number of aliphatic carboxylic acids is 1. The minimum atomic E-state index is -1.06. The van der Waals surface area contributed by atoms with Gasteiger partial charge in [0.05, 0.1) is 17.7 Å². The Hall–Kier alpha value is -2.45. The van der Waals surface area contributed by atoms with Crippen molar-refractivity contribution in [2.75, 3.05) is 7.11 Å². The Bertz CT molecular complexity index is 909. The van der Waals surface area contributed by atoms with Crippen molar-refractivity contribution in [1.29, 1.82) is 0 Å². The number of nitrogens with zero attached hydrogens (tertiary/aromatic N) is 2. The number of rotatable bonds is 4. The van der Waals surface area contributed by atoms with E-state index in [2.05, 4.69) is 4.99 Å². The van der Waals surface area contributed by atoms with Crippen molar-refractivity contribution < 1.29 is 19.7 Å². The summed E-state index contributed by atoms with van der Waals surface area (Å²) in [5.41, 5.74) is 2.51. The van der Waals surface area contributed by atoms with Crippen LogP contribution in [0, 0.1) is 3.95 Å². The highest BCUT2D eigenvalue weighted by molar-refractivity contribution is 7.73. The second-order valence-corrected chi connectivity index (χ2v) is 6.45. The zero-order chi connectivity index (χ0) is 16.6. The van der Waals surface area contributed by atoms with Crippen molar-refractivity contribution in [1.82, 2.24) is 4.57 Å². The molecule has 2 heterocycles. The fourth-order valence-electron chi connectivity index (χ4n) is 2.24. The second kappa shape index (κ2) is 5.98. The van der Waals surface area contributed by atoms with E-state index in [4.69, 9.17) is 22.1 Å². The van der Waals surface area contributed by atoms with Crippen molar-refractivity contribution in [3.8, 4) is 11.6 Å². The summed E-state index contributed by atoms with van der Waals surface area (Å²) >= 11 is 6.26. The first-order valence-electron chi connectivity index (χ1n) is 6.58. The first-order chi connectivity index (χ1) is 11.0. The maximum atomic E-state index is 10.8. The monoisotopic (exact) mass is 348 g/mol. The predicted molar refractivity (Wildman–Crippen MR) is 91.5 cm³/mol. The highest BCUT2D eigenvalue weighted by atomic mass is 32.1. The van der Waals surface area contributed by atoms with E-state index in [9.17, 15) is 9.90 Å². The topological polar surface area (TPSA) is 84.1 Å². The molecule has 0 atom stereocenters. The fraction of sp³-hybridized carbons (Fsp3) is 0.133. The van der Waals surface area contributed by atoms with Crippen molar-refractivity contribution in [3.63, 3.8) is 0 Å². The number of allylic oxidation sites excluding steroid dienone is 1. The molecule has 0 unspecified atom stereocenters. The lowest BCUT2D eigenvalue weighted by Gasteiger charge is -2.03. The molecule has 2 N–H and O–H groups in total. The van der Waals surface area contributed by atoms with Crippen molar-refractivity contribution in [3.05, 3.63) is 32.6 Å². The summed E-state index contributed by atoms with van der Waals surface area (Å²) in [7, 11) is 1.59. The first-order valence-corrected chi connectivity index (χ1v) is 7.80. The van der Waals surface area contributed by atoms with Gasteiger partial charge < -0.3 is 14.9 Å². The highest BCUT2D eigenvalue weighted by Crippen LogP contribution is 2.37. The largest absolute Gasteiger partial charge is 0.497 e. The third-order valence-electron chi connectivity index (χ3n) is 3.33. The fourth-order valence-corrected chi connectivity index (χ4v) is 3.49. The van der Waals surface area contributed by atoms with Gasteiger partial charge in [-0.2, -0.15) is 0 Å². The van der Waals surface area contributed by atoms with Crippen LogP contribution in [0.1, 0.15) is 10.4 Å². The minimum Gasteiger partial charge on any atom is -0.497 e. The van der Waals surface area contributed by atoms with Crippen molar-refractivity contribution >= 4 is 53.1 Å². The third kappa shape index (κ3) is 2.90. The number of ether oxygens (including phenoxy) is 1. The molecular formula is C15H12N2O4S2. The molecule has 2 aromatic rings. The van der Waals surface area contributed by atoms with Gasteiger partial charge in [0, 0.05) is 23.4 Å². The number of methoxy groups -OCH3 is 1. The Balaban J connectivity index is 2.01. The number of aromatic hydroxyl groups is 1. The van der Waals surface area contributed by atoms with Crippen LogP contribution in [0.3, 0.4) is 0 Å². The maximum absolute atomic E-state index is 10.8. The zero-order valence-corrected chi connectivity index (χ0v) is 13.6. The van der Waals surface area contributed by atoms with Gasteiger partial charge in [-0.1, -0.05) is 0 Å². The molecule has 0 saturated carbocycles. The number of carboxylic acid groups (broad SMARTS) is 1. The van der Waals surface area contributed by atoms with Crippen LogP contribution in [0.4, 0.5) is 5.69 Å². The molecule has 0 radical (unpaired) electrons. The van der Waals surface area contributed by atoms with Gasteiger partial charge in [0.15, 0.2) is 3.95 Å². The molecular weight excluding hydrogens is 336 g/mol. The SMILES string of the molecule is COc1ccc2c(c1)N=C/C2=C/c1sc(=S)n(CC(=O)O)c1O. The van der Waals surface area contributed by atoms with E-state index < -0.39 is 5.97 Å². The summed E-state index contributed by atoms with van der Waals surface area (Å²) in [6.07, 6.45) is 3.43. The van der Waals surface area contributed by atoms with Gasteiger partial charge in [0.2, 0.25) is 5.88 Å². The van der Waals surface area contributed by atoms with E-state index in [-0.39, 0.29) is 12.4 Å². The van der Waals surface area contributed by atoms with Crippen LogP contribution in [0.5, 0.6) is 11.6 Å². The number of aromatic nitrogens is 1. The normalized spacial score (nSPS) is 14.2. The molecule has 0 saturated heterocycles. The third-order valence-corrected chi connectivity index (χ3v) is 4.72. The molecule has 6 nitrogen and oxygen atoms in total. The van der Waals surface area contributed by atoms with Crippen LogP contribution in [0.2, 0.25) is 0 Å². The average Bonchev–Trinajstić information content (AvgIpc) is 3.03. The zero-order valence-electron chi connectivity index (χ0n) is 12.0. The van der Waals surface area contributed by atoms with Crippen LogP contribution in [-0.2, 0) is 11.3 Å². The molecule has 118 valence electrons. The smallest absolute Gasteiger partial charge is 0.323 e. The molecule has 1 aliphatic heterocycles. The van der Waals surface area contributed by atoms with Crippen LogP contribution in [-0.4, -0.2) is 34.1 Å². The van der Waals surface area contributed by atoms with Crippen LogP contribution < -0.4 is 4.74 Å². The number of carboxylic acids is 1. The molecule has 0 aliphatic carbocycles. The van der Waals surface area contributed by atoms with Gasteiger partial charge >= 0.3 is 5.97 Å². The molecule has 1 aliphatic rings. The van der Waals surface area contributed by atoms with Gasteiger partial charge in [-0.05, 0) is 30.4 Å². The van der Waals surface area contributed by atoms with E-state index in [0.29, 0.717) is 14.6 Å². The summed E-state index contributed by atoms with van der Waals surface area (Å²) in [5, 5.41) is 19.1. The number of benzene rings is 1. The Morgan fingerprint density at radius 2 is 2.30 bits per heavy atom. The van der Waals surface area contributed by atoms with Gasteiger partial charge in [0.1, 0.15) is 12.3 Å². The molecule has 0 fully saturated rings. The van der Waals surface area contributed by atoms with E-state index in [1.165, 1.54) is 4.57 Å². The number of aliphatic imine (C=N–C) groups is 1. The van der Waals surface area contributed by atoms with E-state index in [1.807, 2.05) is 18.2 Å². The number of fused-ring (bicyclic) bond motifs is 1. The van der Waals surface area contributed by atoms with Crippen molar-refractivity contribution in [2.45, 2.75) is 6.54 Å². The van der Waals surface area contributed by atoms with Crippen LogP contribution >= 0.6 is 23.6 Å². The predicted octanol–water partition coefficient (Wildman–Crippen LogP) is 3.33. The lowest BCUT2D eigenvalue weighted by atomic mass is 10.1. The molecule has 1 aromatic heterocycles. The minimum absolute atomic E-state index is 0.148. The molecule has 0 amide bonds. The Kier molecular flexibility index (Phi) is 4.01. The van der Waals surface area contributed by atoms with Gasteiger partial charge in [-0.15, -0.1) is 11.3 Å². The Morgan fingerprint density at radius 3 is 3.00 bits per heavy atom. The Morgan fingerprint density at radius 1 is 1.52 bits per heavy atom. The average molecular weight is 348 g/mol. The Labute approximate surface area is 140 Å². The molecule has 23 heavy (non-hydrogen) atoms. The van der Waals surface area contributed by atoms with Gasteiger partial charge in [-0.3, -0.25) is 14.4 Å². The van der Waals surface area contributed by atoms with Crippen molar-refractivity contribution in [2.24, 2.45) is 4.99 Å². The van der Waals surface area contributed by atoms with E-state index in [0.717, 1.165) is 28.2 Å². The lowest BCUT2D eigenvalue weighted by molar-refractivity contribution is -0.137. The highest BCUT2D eigenvalue weighted by Gasteiger charge is 2.17. The number of thiazole rings is 1. The van der Waals surface area contributed by atoms with Gasteiger partial charge in [0.25, 0.3) is 0 Å². The summed E-state index contributed by atoms with van der Waals surface area (Å²) in [5.74, 6) is -0.494. The summed E-state index contributed by atoms with van der Waals surface area (Å²) in [4.78, 5) is 15.6. The van der Waals surface area contributed by atoms with Crippen LogP contribution in [0.25, 0.3) is 11.6 Å². The van der Waals surface area contributed by atoms with Gasteiger partial charge in [-0.25, -0.2) is 0 Å². The molecule has 1 aromatic carbocycles. The molecule has 0 bridgehead atoms. The first kappa shape index (κ1) is 15.4. The number of hydrogen-bond acceptors (Lipinski definition) is 6. The lowest BCUT2D eigenvalue weighted by Crippen LogP contribution is -2.07. The standard InChI is InChI=1S/C15H12N2O4S2/c1-21-9-2-3-10-8(6-16-11(10)5-9)4-12-14(20)17(7-13(18)19)15(22)23-12/h2-6,20H,7H2,1H3,(H,18,19)/b8-4-. The summed E-state index contributed by atoms with van der Waals surface area (Å²) < 4.78 is 6.66. The molecule has 0 spiro atoms. The van der Waals surface area contributed by atoms with E-state index in [1.54, 1.807) is 19.4 Å². The summed E-state index contributed by atoms with van der Waals surface area (Å²) in [6, 6.07) is 5.54. The van der Waals surface area contributed by atoms with Crippen LogP contribution in [0.15, 0.2) is 23.2 Å². The second-order valence-electron chi connectivity index (χ2n) is 4.78.